The van der Waals surface area contributed by atoms with Gasteiger partial charge in [0.2, 0.25) is 0 Å². The van der Waals surface area contributed by atoms with Crippen molar-refractivity contribution in [2.75, 3.05) is 11.8 Å². The summed E-state index contributed by atoms with van der Waals surface area (Å²) in [6.45, 7) is 0. The summed E-state index contributed by atoms with van der Waals surface area (Å²) < 4.78 is 79.5. The van der Waals surface area contributed by atoms with Gasteiger partial charge in [-0.1, -0.05) is 0 Å². The number of nitrogens with one attached hydrogen (secondary N) is 1. The fourth-order valence-electron chi connectivity index (χ4n) is 2.97. The topological polar surface area (TPSA) is 77.5 Å². The van der Waals surface area contributed by atoms with Gasteiger partial charge in [-0.25, -0.2) is 21.6 Å². The number of ether oxygens (including phenoxy) is 2. The van der Waals surface area contributed by atoms with Gasteiger partial charge in [-0.15, -0.1) is 0 Å². The van der Waals surface area contributed by atoms with Crippen molar-refractivity contribution in [1.29, 1.82) is 0 Å². The van der Waals surface area contributed by atoms with Gasteiger partial charge in [-0.05, 0) is 54.6 Å². The number of pyridine rings is 1. The Morgan fingerprint density at radius 3 is 2.44 bits per heavy atom. The highest BCUT2D eigenvalue weighted by atomic mass is 32.2. The molecule has 0 amide bonds. The van der Waals surface area contributed by atoms with E-state index in [2.05, 4.69) is 4.98 Å². The molecule has 0 bridgehead atoms. The SMILES string of the molecule is COc1ccc2nccc(Oc3ccc(NS(=O)(=O)c4cc(F)ccc4F)cc3F)c2c1. The van der Waals surface area contributed by atoms with Crippen molar-refractivity contribution in [3.8, 4) is 17.2 Å². The fraction of sp³-hybridized carbons (Fsp3) is 0.0455. The van der Waals surface area contributed by atoms with Crippen molar-refractivity contribution >= 4 is 26.6 Å². The van der Waals surface area contributed by atoms with Crippen LogP contribution in [0.1, 0.15) is 0 Å². The second kappa shape index (κ2) is 8.39. The van der Waals surface area contributed by atoms with Crippen LogP contribution in [-0.2, 0) is 10.0 Å². The molecule has 0 atom stereocenters. The standard InChI is InChI=1S/C22H15F3N2O4S/c1-30-15-4-6-19-16(12-15)20(8-9-26-19)31-21-7-3-14(11-18(21)25)27-32(28,29)22-10-13(23)2-5-17(22)24/h2-12,27H,1H3. The number of methoxy groups -OCH3 is 1. The van der Waals surface area contributed by atoms with Crippen LogP contribution in [-0.4, -0.2) is 20.5 Å². The Balaban J connectivity index is 1.62. The lowest BCUT2D eigenvalue weighted by Crippen LogP contribution is -2.15. The van der Waals surface area contributed by atoms with E-state index in [1.807, 2.05) is 4.72 Å². The molecule has 0 radical (unpaired) electrons. The zero-order valence-corrected chi connectivity index (χ0v) is 17.3. The molecule has 4 aromatic rings. The number of hydrogen-bond donors (Lipinski definition) is 1. The normalized spacial score (nSPS) is 11.4. The third-order valence-electron chi connectivity index (χ3n) is 4.50. The molecule has 0 saturated carbocycles. The smallest absolute Gasteiger partial charge is 0.264 e. The van der Waals surface area contributed by atoms with Crippen LogP contribution in [0.4, 0.5) is 18.9 Å². The number of benzene rings is 3. The van der Waals surface area contributed by atoms with Gasteiger partial charge in [0.25, 0.3) is 10.0 Å². The summed E-state index contributed by atoms with van der Waals surface area (Å²) in [4.78, 5) is 3.32. The van der Waals surface area contributed by atoms with Gasteiger partial charge >= 0.3 is 0 Å². The van der Waals surface area contributed by atoms with Gasteiger partial charge in [0, 0.05) is 17.6 Å². The van der Waals surface area contributed by atoms with Crippen molar-refractivity contribution in [1.82, 2.24) is 4.98 Å². The number of nitrogens with zero attached hydrogens (tertiary/aromatic N) is 1. The van der Waals surface area contributed by atoms with E-state index in [1.54, 1.807) is 24.3 Å². The molecule has 0 aliphatic heterocycles. The summed E-state index contributed by atoms with van der Waals surface area (Å²) in [7, 11) is -2.98. The second-order valence-corrected chi connectivity index (χ2v) is 8.27. The number of anilines is 1. The monoisotopic (exact) mass is 460 g/mol. The van der Waals surface area contributed by atoms with Crippen molar-refractivity contribution in [3.63, 3.8) is 0 Å². The number of sulfonamides is 1. The van der Waals surface area contributed by atoms with Crippen LogP contribution in [0.3, 0.4) is 0 Å². The summed E-state index contributed by atoms with van der Waals surface area (Å²) in [5.74, 6) is -2.26. The molecule has 10 heteroatoms. The molecular weight excluding hydrogens is 445 g/mol. The first-order valence-electron chi connectivity index (χ1n) is 9.15. The van der Waals surface area contributed by atoms with Crippen LogP contribution in [0.5, 0.6) is 17.2 Å². The van der Waals surface area contributed by atoms with Crippen molar-refractivity contribution < 1.29 is 31.1 Å². The maximum atomic E-state index is 14.7. The highest BCUT2D eigenvalue weighted by Gasteiger charge is 2.21. The van der Waals surface area contributed by atoms with E-state index in [0.29, 0.717) is 34.5 Å². The molecule has 4 rings (SSSR count). The van der Waals surface area contributed by atoms with Gasteiger partial charge in [0.1, 0.15) is 28.0 Å². The summed E-state index contributed by atoms with van der Waals surface area (Å²) in [5.41, 5.74) is 0.407. The summed E-state index contributed by atoms with van der Waals surface area (Å²) in [5, 5.41) is 0.581. The number of hydrogen-bond acceptors (Lipinski definition) is 5. The maximum absolute atomic E-state index is 14.7. The maximum Gasteiger partial charge on any atom is 0.264 e. The average Bonchev–Trinajstić information content (AvgIpc) is 2.76. The highest BCUT2D eigenvalue weighted by Crippen LogP contribution is 2.33. The van der Waals surface area contributed by atoms with E-state index in [4.69, 9.17) is 9.47 Å². The minimum atomic E-state index is -4.49. The van der Waals surface area contributed by atoms with Gasteiger partial charge < -0.3 is 9.47 Å². The largest absolute Gasteiger partial charge is 0.497 e. The van der Waals surface area contributed by atoms with E-state index < -0.39 is 32.4 Å². The minimum absolute atomic E-state index is 0.180. The van der Waals surface area contributed by atoms with E-state index in [0.717, 1.165) is 12.1 Å². The lowest BCUT2D eigenvalue weighted by Gasteiger charge is -2.12. The number of fused-ring (bicyclic) bond motifs is 1. The van der Waals surface area contributed by atoms with Gasteiger partial charge in [-0.3, -0.25) is 9.71 Å². The van der Waals surface area contributed by atoms with E-state index in [-0.39, 0.29) is 11.4 Å². The molecule has 1 N–H and O–H groups in total. The molecular formula is C22H15F3N2O4S. The Labute approximate surface area is 181 Å². The number of rotatable bonds is 6. The van der Waals surface area contributed by atoms with E-state index in [1.165, 1.54) is 25.4 Å². The lowest BCUT2D eigenvalue weighted by atomic mass is 10.2. The predicted octanol–water partition coefficient (Wildman–Crippen LogP) is 5.25. The Morgan fingerprint density at radius 1 is 0.875 bits per heavy atom. The zero-order valence-electron chi connectivity index (χ0n) is 16.5. The zero-order chi connectivity index (χ0) is 22.9. The molecule has 1 aromatic heterocycles. The molecule has 0 spiro atoms. The predicted molar refractivity (Wildman–Crippen MR) is 112 cm³/mol. The van der Waals surface area contributed by atoms with Crippen LogP contribution < -0.4 is 14.2 Å². The molecule has 1 heterocycles. The average molecular weight is 460 g/mol. The number of aromatic nitrogens is 1. The molecule has 3 aromatic carbocycles. The summed E-state index contributed by atoms with van der Waals surface area (Å²) >= 11 is 0. The van der Waals surface area contributed by atoms with Gasteiger partial charge in [0.05, 0.1) is 18.3 Å². The fourth-order valence-corrected chi connectivity index (χ4v) is 4.11. The van der Waals surface area contributed by atoms with Gasteiger partial charge in [-0.2, -0.15) is 0 Å². The van der Waals surface area contributed by atoms with Crippen LogP contribution in [0.2, 0.25) is 0 Å². The third-order valence-corrected chi connectivity index (χ3v) is 5.89. The Morgan fingerprint density at radius 2 is 1.69 bits per heavy atom. The first-order chi connectivity index (χ1) is 15.3. The van der Waals surface area contributed by atoms with Crippen molar-refractivity contribution in [2.24, 2.45) is 0 Å². The van der Waals surface area contributed by atoms with Crippen LogP contribution >= 0.6 is 0 Å². The molecule has 0 aliphatic carbocycles. The van der Waals surface area contributed by atoms with Crippen molar-refractivity contribution in [2.45, 2.75) is 4.90 Å². The molecule has 32 heavy (non-hydrogen) atoms. The summed E-state index contributed by atoms with van der Waals surface area (Å²) in [6, 6.07) is 12.0. The first kappa shape index (κ1) is 21.4. The Kier molecular flexibility index (Phi) is 5.62. The van der Waals surface area contributed by atoms with Crippen LogP contribution in [0.25, 0.3) is 10.9 Å². The van der Waals surface area contributed by atoms with Crippen LogP contribution in [0.15, 0.2) is 71.8 Å². The molecule has 0 unspecified atom stereocenters. The lowest BCUT2D eigenvalue weighted by molar-refractivity contribution is 0.415. The van der Waals surface area contributed by atoms with Gasteiger partial charge in [0.15, 0.2) is 11.6 Å². The van der Waals surface area contributed by atoms with E-state index >= 15 is 0 Å². The summed E-state index contributed by atoms with van der Waals surface area (Å²) in [6.07, 6.45) is 1.50. The number of halogens is 3. The molecule has 0 saturated heterocycles. The third kappa shape index (κ3) is 4.30. The second-order valence-electron chi connectivity index (χ2n) is 6.62. The van der Waals surface area contributed by atoms with Crippen LogP contribution in [0, 0.1) is 17.5 Å². The molecule has 0 aliphatic rings. The van der Waals surface area contributed by atoms with E-state index in [9.17, 15) is 21.6 Å². The molecule has 6 nitrogen and oxygen atoms in total. The molecule has 0 fully saturated rings. The quantitative estimate of drug-likeness (QED) is 0.425. The Hall–Kier alpha value is -3.79. The Bertz CT molecular complexity index is 1430. The first-order valence-corrected chi connectivity index (χ1v) is 10.6. The molecule has 164 valence electrons. The minimum Gasteiger partial charge on any atom is -0.497 e. The highest BCUT2D eigenvalue weighted by molar-refractivity contribution is 7.92. The van der Waals surface area contributed by atoms with Crippen molar-refractivity contribution in [3.05, 3.63) is 84.3 Å².